The van der Waals surface area contributed by atoms with E-state index in [0.717, 1.165) is 30.5 Å². The van der Waals surface area contributed by atoms with Crippen LogP contribution in [0.15, 0.2) is 23.1 Å². The number of aromatic nitrogens is 3. The van der Waals surface area contributed by atoms with Crippen LogP contribution in [0.1, 0.15) is 71.0 Å². The molecule has 0 atom stereocenters. The summed E-state index contributed by atoms with van der Waals surface area (Å²) >= 11 is 0. The number of pyridine rings is 1. The molecule has 2 aromatic rings. The molecule has 1 N–H and O–H groups in total. The number of nitrogens with zero attached hydrogens (tertiary/aromatic N) is 3. The Balaban J connectivity index is 0.000000263. The third-order valence-corrected chi connectivity index (χ3v) is 4.71. The Bertz CT molecular complexity index is 688. The molecule has 0 aliphatic heterocycles. The van der Waals surface area contributed by atoms with E-state index in [0.29, 0.717) is 12.4 Å². The van der Waals surface area contributed by atoms with Gasteiger partial charge in [0.05, 0.1) is 0 Å². The van der Waals surface area contributed by atoms with Crippen LogP contribution in [0, 0.1) is 12.8 Å². The van der Waals surface area contributed by atoms with E-state index < -0.39 is 0 Å². The molecule has 5 heteroatoms. The molecule has 0 aromatic carbocycles. The van der Waals surface area contributed by atoms with Crippen molar-refractivity contribution >= 4 is 11.0 Å². The maximum atomic E-state index is 11.6. The van der Waals surface area contributed by atoms with Crippen LogP contribution in [-0.2, 0) is 6.54 Å². The lowest BCUT2D eigenvalue weighted by molar-refractivity contribution is 0.336. The number of aryl methyl sites for hydroxylation is 2. The van der Waals surface area contributed by atoms with Crippen molar-refractivity contribution in [3.63, 3.8) is 0 Å². The molecule has 2 heterocycles. The molecule has 1 aliphatic rings. The molecular formula is C21H35N3O2. The van der Waals surface area contributed by atoms with E-state index in [9.17, 15) is 4.79 Å². The third kappa shape index (κ3) is 6.87. The summed E-state index contributed by atoms with van der Waals surface area (Å²) in [5, 5.41) is 7.91. The monoisotopic (exact) mass is 361 g/mol. The predicted molar refractivity (Wildman–Crippen MR) is 108 cm³/mol. The molecule has 1 fully saturated rings. The number of fused-ring (bicyclic) bond motifs is 1. The standard InChI is InChI=1S/C11H13N3O.C9H18.CH4O/c1-3-6-14-10(15)5-4-9-7-12-8(2)13-11(9)14;1-2-6-9-7-4-3-5-8-9;1-2/h4-5,7H,3,6H2,1-2H3;9H,2-8H2,1H3;2H,1H3. The van der Waals surface area contributed by atoms with Crippen LogP contribution in [0.25, 0.3) is 11.0 Å². The summed E-state index contributed by atoms with van der Waals surface area (Å²) in [4.78, 5) is 20.1. The van der Waals surface area contributed by atoms with Gasteiger partial charge in [-0.3, -0.25) is 9.36 Å². The van der Waals surface area contributed by atoms with Crippen LogP contribution >= 0.6 is 0 Å². The molecule has 5 nitrogen and oxygen atoms in total. The first-order chi connectivity index (χ1) is 12.7. The molecule has 26 heavy (non-hydrogen) atoms. The summed E-state index contributed by atoms with van der Waals surface area (Å²) in [5.41, 5.74) is 0.735. The van der Waals surface area contributed by atoms with Crippen molar-refractivity contribution in [3.05, 3.63) is 34.5 Å². The highest BCUT2D eigenvalue weighted by Crippen LogP contribution is 2.26. The zero-order chi connectivity index (χ0) is 19.4. The van der Waals surface area contributed by atoms with Crippen molar-refractivity contribution in [2.45, 2.75) is 78.7 Å². The predicted octanol–water partition coefficient (Wildman–Crippen LogP) is 4.49. The summed E-state index contributed by atoms with van der Waals surface area (Å²) in [7, 11) is 1.00. The highest BCUT2D eigenvalue weighted by molar-refractivity contribution is 5.73. The Morgan fingerprint density at radius 1 is 1.12 bits per heavy atom. The Morgan fingerprint density at radius 3 is 2.42 bits per heavy atom. The molecule has 3 rings (SSSR count). The summed E-state index contributed by atoms with van der Waals surface area (Å²) in [6, 6.07) is 3.33. The molecule has 1 saturated carbocycles. The van der Waals surface area contributed by atoms with Gasteiger partial charge < -0.3 is 5.11 Å². The lowest BCUT2D eigenvalue weighted by Crippen LogP contribution is -2.20. The Hall–Kier alpha value is -1.75. The summed E-state index contributed by atoms with van der Waals surface area (Å²) in [6.45, 7) is 6.87. The minimum Gasteiger partial charge on any atom is -0.400 e. The second-order valence-electron chi connectivity index (χ2n) is 6.81. The molecule has 2 aromatic heterocycles. The van der Waals surface area contributed by atoms with Gasteiger partial charge in [0.15, 0.2) is 0 Å². The quantitative estimate of drug-likeness (QED) is 0.871. The molecule has 0 spiro atoms. The Morgan fingerprint density at radius 2 is 1.81 bits per heavy atom. The van der Waals surface area contributed by atoms with Crippen molar-refractivity contribution in [1.29, 1.82) is 0 Å². The molecule has 0 amide bonds. The van der Waals surface area contributed by atoms with Crippen LogP contribution in [0.3, 0.4) is 0 Å². The van der Waals surface area contributed by atoms with E-state index in [1.165, 1.54) is 44.9 Å². The maximum Gasteiger partial charge on any atom is 0.252 e. The first kappa shape index (κ1) is 22.3. The van der Waals surface area contributed by atoms with Crippen molar-refractivity contribution in [2.24, 2.45) is 5.92 Å². The van der Waals surface area contributed by atoms with Gasteiger partial charge in [-0.2, -0.15) is 0 Å². The highest BCUT2D eigenvalue weighted by Gasteiger charge is 2.11. The molecule has 1 aliphatic carbocycles. The molecule has 0 radical (unpaired) electrons. The van der Waals surface area contributed by atoms with Crippen LogP contribution in [0.2, 0.25) is 0 Å². The van der Waals surface area contributed by atoms with Gasteiger partial charge in [0.1, 0.15) is 11.5 Å². The fourth-order valence-electron chi connectivity index (χ4n) is 3.48. The van der Waals surface area contributed by atoms with Gasteiger partial charge in [-0.1, -0.05) is 58.8 Å². The molecule has 0 bridgehead atoms. The van der Waals surface area contributed by atoms with Crippen molar-refractivity contribution in [1.82, 2.24) is 14.5 Å². The lowest BCUT2D eigenvalue weighted by atomic mass is 9.86. The summed E-state index contributed by atoms with van der Waals surface area (Å²) < 4.78 is 1.70. The van der Waals surface area contributed by atoms with Crippen LogP contribution in [0.5, 0.6) is 0 Å². The topological polar surface area (TPSA) is 68.0 Å². The molecule has 146 valence electrons. The highest BCUT2D eigenvalue weighted by atomic mass is 16.2. The fourth-order valence-corrected chi connectivity index (χ4v) is 3.48. The number of aliphatic hydroxyl groups excluding tert-OH is 1. The second-order valence-corrected chi connectivity index (χ2v) is 6.81. The zero-order valence-corrected chi connectivity index (χ0v) is 16.9. The van der Waals surface area contributed by atoms with E-state index >= 15 is 0 Å². The number of hydrogen-bond acceptors (Lipinski definition) is 4. The fraction of sp³-hybridized carbons (Fsp3) is 0.667. The molecule has 0 saturated heterocycles. The van der Waals surface area contributed by atoms with E-state index in [1.807, 2.05) is 13.8 Å². The van der Waals surface area contributed by atoms with Crippen molar-refractivity contribution in [2.75, 3.05) is 7.11 Å². The second kappa shape index (κ2) is 12.6. The van der Waals surface area contributed by atoms with Crippen molar-refractivity contribution < 1.29 is 5.11 Å². The molecular weight excluding hydrogens is 326 g/mol. The summed E-state index contributed by atoms with van der Waals surface area (Å²) in [6.07, 6.45) is 13.1. The van der Waals surface area contributed by atoms with E-state index in [2.05, 4.69) is 16.9 Å². The zero-order valence-electron chi connectivity index (χ0n) is 16.9. The number of hydrogen-bond donors (Lipinski definition) is 1. The Kier molecular flexibility index (Phi) is 10.8. The SMILES string of the molecule is CCCC1CCCCC1.CCCn1c(=O)ccc2cnc(C)nc21.CO. The average molecular weight is 362 g/mol. The van der Waals surface area contributed by atoms with Gasteiger partial charge in [0.25, 0.3) is 5.56 Å². The van der Waals surface area contributed by atoms with Crippen LogP contribution in [0.4, 0.5) is 0 Å². The minimum absolute atomic E-state index is 0.00227. The van der Waals surface area contributed by atoms with Gasteiger partial charge in [-0.05, 0) is 25.3 Å². The van der Waals surface area contributed by atoms with E-state index in [1.54, 1.807) is 22.9 Å². The van der Waals surface area contributed by atoms with Gasteiger partial charge in [0, 0.05) is 31.3 Å². The maximum absolute atomic E-state index is 11.6. The third-order valence-electron chi connectivity index (χ3n) is 4.71. The Labute approximate surface area is 157 Å². The summed E-state index contributed by atoms with van der Waals surface area (Å²) in [5.74, 6) is 1.79. The van der Waals surface area contributed by atoms with E-state index in [4.69, 9.17) is 5.11 Å². The van der Waals surface area contributed by atoms with E-state index in [-0.39, 0.29) is 5.56 Å². The number of rotatable bonds is 4. The van der Waals surface area contributed by atoms with Gasteiger partial charge in [-0.15, -0.1) is 0 Å². The average Bonchev–Trinajstić information content (AvgIpc) is 2.67. The normalized spacial score (nSPS) is 14.2. The molecule has 0 unspecified atom stereocenters. The first-order valence-corrected chi connectivity index (χ1v) is 9.93. The first-order valence-electron chi connectivity index (χ1n) is 9.93. The minimum atomic E-state index is 0.00227. The number of aliphatic hydroxyl groups is 1. The smallest absolute Gasteiger partial charge is 0.252 e. The largest absolute Gasteiger partial charge is 0.400 e. The van der Waals surface area contributed by atoms with Gasteiger partial charge in [-0.25, -0.2) is 9.97 Å². The van der Waals surface area contributed by atoms with Crippen LogP contribution in [-0.4, -0.2) is 26.8 Å². The van der Waals surface area contributed by atoms with Gasteiger partial charge in [0.2, 0.25) is 0 Å². The van der Waals surface area contributed by atoms with Crippen molar-refractivity contribution in [3.8, 4) is 0 Å². The lowest BCUT2D eigenvalue weighted by Gasteiger charge is -2.20. The van der Waals surface area contributed by atoms with Gasteiger partial charge >= 0.3 is 0 Å². The van der Waals surface area contributed by atoms with Crippen LogP contribution < -0.4 is 5.56 Å².